The number of benzene rings is 2. The highest BCUT2D eigenvalue weighted by Gasteiger charge is 2.36. The summed E-state index contributed by atoms with van der Waals surface area (Å²) in [6, 6.07) is 11.0. The molecule has 1 fully saturated rings. The van der Waals surface area contributed by atoms with Crippen molar-refractivity contribution in [2.24, 2.45) is 0 Å². The highest BCUT2D eigenvalue weighted by atomic mass is 16.5. The Morgan fingerprint density at radius 1 is 0.932 bits per heavy atom. The van der Waals surface area contributed by atoms with Crippen molar-refractivity contribution in [2.45, 2.75) is 50.2 Å². The second-order valence-electron chi connectivity index (χ2n) is 10.2. The number of carboxylic acids is 1. The van der Waals surface area contributed by atoms with Crippen molar-refractivity contribution in [3.8, 4) is 11.5 Å². The van der Waals surface area contributed by atoms with Gasteiger partial charge in [0.1, 0.15) is 34.6 Å². The van der Waals surface area contributed by atoms with E-state index in [4.69, 9.17) is 9.47 Å². The molecule has 0 saturated heterocycles. The molecule has 1 aliphatic carbocycles. The summed E-state index contributed by atoms with van der Waals surface area (Å²) in [5, 5.41) is 20.6. The molecule has 0 bridgehead atoms. The number of nitrogens with one attached hydrogen (secondary N) is 5. The molecule has 4 rings (SSSR count). The van der Waals surface area contributed by atoms with Gasteiger partial charge in [-0.1, -0.05) is 30.7 Å². The number of carboxylic acid groups (broad SMARTS) is 1. The highest BCUT2D eigenvalue weighted by molar-refractivity contribution is 6.08. The second-order valence-corrected chi connectivity index (χ2v) is 10.2. The second kappa shape index (κ2) is 14.2. The van der Waals surface area contributed by atoms with Gasteiger partial charge in [-0.05, 0) is 49.9 Å². The Morgan fingerprint density at radius 2 is 1.59 bits per heavy atom. The van der Waals surface area contributed by atoms with Crippen LogP contribution in [0.1, 0.15) is 58.4 Å². The maximum absolute atomic E-state index is 13.2. The summed E-state index contributed by atoms with van der Waals surface area (Å²) in [5.74, 6) is -2.27. The number of ether oxygens (including phenoxy) is 2. The van der Waals surface area contributed by atoms with Crippen molar-refractivity contribution in [1.29, 1.82) is 0 Å². The molecule has 6 N–H and O–H groups in total. The van der Waals surface area contributed by atoms with Crippen LogP contribution in [0.3, 0.4) is 0 Å². The van der Waals surface area contributed by atoms with Crippen LogP contribution in [0.2, 0.25) is 0 Å². The predicted octanol–water partition coefficient (Wildman–Crippen LogP) is 2.42. The van der Waals surface area contributed by atoms with E-state index in [1.54, 1.807) is 48.5 Å². The lowest BCUT2D eigenvalue weighted by atomic mass is 9.88. The Bertz CT molecular complexity index is 1550. The van der Waals surface area contributed by atoms with Gasteiger partial charge in [-0.25, -0.2) is 14.4 Å². The summed E-state index contributed by atoms with van der Waals surface area (Å²) in [4.78, 5) is 69.8. The molecule has 0 radical (unpaired) electrons. The van der Waals surface area contributed by atoms with Crippen LogP contribution in [0.4, 0.5) is 10.6 Å². The molecule has 1 atom stereocenters. The number of amides is 4. The van der Waals surface area contributed by atoms with E-state index in [0.717, 1.165) is 19.3 Å². The lowest BCUT2D eigenvalue weighted by Gasteiger charge is -2.39. The van der Waals surface area contributed by atoms with Crippen LogP contribution < -0.4 is 36.4 Å². The Kier molecular flexibility index (Phi) is 10.2. The van der Waals surface area contributed by atoms with E-state index in [9.17, 15) is 29.1 Å². The maximum atomic E-state index is 13.2. The molecule has 1 unspecified atom stereocenters. The summed E-state index contributed by atoms with van der Waals surface area (Å²) < 4.78 is 10.5. The molecule has 1 aliphatic rings. The Morgan fingerprint density at radius 3 is 2.20 bits per heavy atom. The van der Waals surface area contributed by atoms with E-state index in [2.05, 4.69) is 31.2 Å². The van der Waals surface area contributed by atoms with Gasteiger partial charge < -0.3 is 40.8 Å². The number of aromatic amines is 1. The standard InChI is InChI=1S/C30H34N6O8/c1-43-21-12-9-13-22(44-2)23(21)26(38)33-24-19(17-31-28(41)34-24)16-20(27(39)40)32-29(42)36-30(14-7-4-8-15-30)35-25(37)18-10-5-3-6-11-18/h3,5-6,9-13,17,20H,4,7-8,14-16H2,1-2H3,(H,35,37)(H,39,40)(H2,32,36,42)(H2,31,33,34,38,41). The number of methoxy groups -OCH3 is 2. The van der Waals surface area contributed by atoms with Gasteiger partial charge in [0.25, 0.3) is 11.8 Å². The van der Waals surface area contributed by atoms with Gasteiger partial charge in [-0.3, -0.25) is 9.59 Å². The van der Waals surface area contributed by atoms with Gasteiger partial charge in [-0.15, -0.1) is 0 Å². The topological polar surface area (TPSA) is 201 Å². The van der Waals surface area contributed by atoms with Crippen LogP contribution in [0.25, 0.3) is 0 Å². The number of aliphatic carboxylic acids is 1. The fourth-order valence-electron chi connectivity index (χ4n) is 5.08. The molecule has 14 nitrogen and oxygen atoms in total. The molecule has 1 aromatic heterocycles. The smallest absolute Gasteiger partial charge is 0.346 e. The number of anilines is 1. The molecule has 1 saturated carbocycles. The Hall–Kier alpha value is -5.40. The Labute approximate surface area is 252 Å². The zero-order valence-corrected chi connectivity index (χ0v) is 24.3. The monoisotopic (exact) mass is 606 g/mol. The summed E-state index contributed by atoms with van der Waals surface area (Å²) in [7, 11) is 2.75. The van der Waals surface area contributed by atoms with E-state index >= 15 is 0 Å². The van der Waals surface area contributed by atoms with Crippen molar-refractivity contribution in [3.05, 3.63) is 81.9 Å². The van der Waals surface area contributed by atoms with Crippen LogP contribution in [0, 0.1) is 0 Å². The van der Waals surface area contributed by atoms with Gasteiger partial charge in [0, 0.05) is 23.7 Å². The van der Waals surface area contributed by atoms with Crippen LogP contribution in [-0.2, 0) is 11.2 Å². The minimum absolute atomic E-state index is 0.0353. The average molecular weight is 607 g/mol. The number of nitrogens with zero attached hydrogens (tertiary/aromatic N) is 1. The van der Waals surface area contributed by atoms with Crippen LogP contribution in [-0.4, -0.2) is 64.8 Å². The first-order valence-corrected chi connectivity index (χ1v) is 13.9. The molecule has 3 aromatic rings. The summed E-state index contributed by atoms with van der Waals surface area (Å²) >= 11 is 0. The summed E-state index contributed by atoms with van der Waals surface area (Å²) in [6.07, 6.45) is 4.21. The lowest BCUT2D eigenvalue weighted by molar-refractivity contribution is -0.139. The largest absolute Gasteiger partial charge is 0.496 e. The SMILES string of the molecule is COc1cccc(OC)c1C(=O)Nc1nc(=O)[nH]cc1CC(NC(=O)NC1(NC(=O)c2ccccc2)CCCCC1)C(=O)O. The zero-order chi connectivity index (χ0) is 31.7. The van der Waals surface area contributed by atoms with E-state index in [-0.39, 0.29) is 40.8 Å². The number of carbonyl (C=O) groups excluding carboxylic acids is 3. The number of H-pyrrole nitrogens is 1. The van der Waals surface area contributed by atoms with Crippen LogP contribution in [0.5, 0.6) is 11.5 Å². The number of hydrogen-bond donors (Lipinski definition) is 6. The number of aromatic nitrogens is 2. The molecule has 14 heteroatoms. The number of rotatable bonds is 11. The molecular weight excluding hydrogens is 572 g/mol. The van der Waals surface area contributed by atoms with Crippen LogP contribution >= 0.6 is 0 Å². The summed E-state index contributed by atoms with van der Waals surface area (Å²) in [5.41, 5.74) is -1.28. The third-order valence-corrected chi connectivity index (χ3v) is 7.25. The maximum Gasteiger partial charge on any atom is 0.346 e. The minimum Gasteiger partial charge on any atom is -0.496 e. The first-order valence-electron chi connectivity index (χ1n) is 13.9. The molecule has 2 aromatic carbocycles. The van der Waals surface area contributed by atoms with E-state index in [0.29, 0.717) is 18.4 Å². The first-order chi connectivity index (χ1) is 21.1. The third kappa shape index (κ3) is 7.70. The molecule has 4 amide bonds. The molecule has 1 heterocycles. The van der Waals surface area contributed by atoms with Gasteiger partial charge >= 0.3 is 17.7 Å². The fourth-order valence-corrected chi connectivity index (χ4v) is 5.08. The predicted molar refractivity (Wildman–Crippen MR) is 159 cm³/mol. The summed E-state index contributed by atoms with van der Waals surface area (Å²) in [6.45, 7) is 0. The number of hydrogen-bond acceptors (Lipinski definition) is 8. The van der Waals surface area contributed by atoms with E-state index in [1.165, 1.54) is 20.4 Å². The third-order valence-electron chi connectivity index (χ3n) is 7.25. The van der Waals surface area contributed by atoms with Crippen molar-refractivity contribution >= 4 is 29.6 Å². The Balaban J connectivity index is 1.52. The number of carbonyl (C=O) groups is 4. The van der Waals surface area contributed by atoms with Crippen molar-refractivity contribution < 1.29 is 33.8 Å². The molecule has 0 spiro atoms. The molecular formula is C30H34N6O8. The van der Waals surface area contributed by atoms with Crippen molar-refractivity contribution in [1.82, 2.24) is 25.9 Å². The van der Waals surface area contributed by atoms with E-state index in [1.807, 2.05) is 0 Å². The molecule has 0 aliphatic heterocycles. The highest BCUT2D eigenvalue weighted by Crippen LogP contribution is 2.29. The van der Waals surface area contributed by atoms with Gasteiger partial charge in [0.05, 0.1) is 14.2 Å². The van der Waals surface area contributed by atoms with Gasteiger partial charge in [0.2, 0.25) is 0 Å². The normalized spacial score (nSPS) is 14.4. The van der Waals surface area contributed by atoms with Gasteiger partial charge in [-0.2, -0.15) is 4.98 Å². The minimum atomic E-state index is -1.50. The van der Waals surface area contributed by atoms with E-state index < -0.39 is 35.3 Å². The van der Waals surface area contributed by atoms with Crippen LogP contribution in [0.15, 0.2) is 59.5 Å². The lowest BCUT2D eigenvalue weighted by Crippen LogP contribution is -2.64. The molecule has 44 heavy (non-hydrogen) atoms. The number of urea groups is 1. The quantitative estimate of drug-likeness (QED) is 0.177. The van der Waals surface area contributed by atoms with Crippen molar-refractivity contribution in [2.75, 3.05) is 19.5 Å². The first kappa shape index (κ1) is 31.5. The zero-order valence-electron chi connectivity index (χ0n) is 24.3. The van der Waals surface area contributed by atoms with Gasteiger partial charge in [0.15, 0.2) is 0 Å². The molecule has 232 valence electrons. The van der Waals surface area contributed by atoms with Crippen molar-refractivity contribution in [3.63, 3.8) is 0 Å². The average Bonchev–Trinajstić information content (AvgIpc) is 3.02. The fraction of sp³-hybridized carbons (Fsp3) is 0.333.